The molecule has 0 aliphatic carbocycles. The summed E-state index contributed by atoms with van der Waals surface area (Å²) in [6.45, 7) is 4.49. The zero-order chi connectivity index (χ0) is 18.7. The van der Waals surface area contributed by atoms with E-state index in [-0.39, 0.29) is 19.4 Å². The van der Waals surface area contributed by atoms with Gasteiger partial charge in [0.15, 0.2) is 11.5 Å². The first-order valence-electron chi connectivity index (χ1n) is 8.79. The van der Waals surface area contributed by atoms with Gasteiger partial charge in [-0.1, -0.05) is 6.07 Å². The molecule has 2 heterocycles. The highest BCUT2D eigenvalue weighted by molar-refractivity contribution is 6.10. The van der Waals surface area contributed by atoms with E-state index in [2.05, 4.69) is 6.07 Å². The van der Waals surface area contributed by atoms with Gasteiger partial charge in [0.05, 0.1) is 12.7 Å². The van der Waals surface area contributed by atoms with E-state index in [0.29, 0.717) is 11.3 Å². The average molecular weight is 362 g/mol. The molecule has 3 aromatic rings. The summed E-state index contributed by atoms with van der Waals surface area (Å²) in [6.07, 6.45) is 0. The largest absolute Gasteiger partial charge is 0.496 e. The van der Waals surface area contributed by atoms with Gasteiger partial charge < -0.3 is 18.9 Å². The molecule has 0 aromatic heterocycles. The lowest BCUT2D eigenvalue weighted by atomic mass is 9.86. The topological polar surface area (TPSA) is 54.0 Å². The minimum absolute atomic E-state index is 0.226. The third-order valence-corrected chi connectivity index (χ3v) is 5.40. The monoisotopic (exact) mass is 362 g/mol. The highest BCUT2D eigenvalue weighted by atomic mass is 16.7. The minimum atomic E-state index is -0.272. The first-order chi connectivity index (χ1) is 13.1. The van der Waals surface area contributed by atoms with Crippen LogP contribution in [0.5, 0.6) is 17.2 Å². The zero-order valence-electron chi connectivity index (χ0n) is 15.3. The van der Waals surface area contributed by atoms with Crippen molar-refractivity contribution in [1.82, 2.24) is 0 Å². The van der Waals surface area contributed by atoms with E-state index in [4.69, 9.17) is 18.9 Å². The van der Waals surface area contributed by atoms with Crippen LogP contribution in [0, 0.1) is 13.8 Å². The number of hydrogen-bond donors (Lipinski definition) is 0. The van der Waals surface area contributed by atoms with Crippen LogP contribution in [0.1, 0.15) is 27.0 Å². The van der Waals surface area contributed by atoms with Crippen molar-refractivity contribution >= 4 is 16.7 Å². The smallest absolute Gasteiger partial charge is 0.339 e. The van der Waals surface area contributed by atoms with Crippen molar-refractivity contribution in [3.8, 4) is 28.4 Å². The van der Waals surface area contributed by atoms with Gasteiger partial charge in [-0.15, -0.1) is 0 Å². The number of rotatable bonds is 2. The van der Waals surface area contributed by atoms with Gasteiger partial charge in [-0.3, -0.25) is 0 Å². The second-order valence-electron chi connectivity index (χ2n) is 6.87. The Morgan fingerprint density at radius 3 is 2.56 bits per heavy atom. The number of hydrogen-bond acceptors (Lipinski definition) is 5. The molecule has 27 heavy (non-hydrogen) atoms. The number of methoxy groups -OCH3 is 1. The van der Waals surface area contributed by atoms with Crippen LogP contribution in [0.4, 0.5) is 0 Å². The molecule has 0 N–H and O–H groups in total. The Morgan fingerprint density at radius 1 is 0.926 bits per heavy atom. The summed E-state index contributed by atoms with van der Waals surface area (Å²) in [5.41, 5.74) is 5.51. The number of carbonyl (C=O) groups is 1. The fourth-order valence-corrected chi connectivity index (χ4v) is 4.09. The van der Waals surface area contributed by atoms with Gasteiger partial charge in [-0.2, -0.15) is 0 Å². The molecule has 5 nitrogen and oxygen atoms in total. The molecule has 0 fully saturated rings. The first kappa shape index (κ1) is 16.0. The highest BCUT2D eigenvalue weighted by Gasteiger charge is 2.30. The van der Waals surface area contributed by atoms with E-state index >= 15 is 0 Å². The van der Waals surface area contributed by atoms with Crippen LogP contribution >= 0.6 is 0 Å². The Balaban J connectivity index is 1.89. The SMILES string of the molecule is COc1cc2c(C)c3c(c(-c4ccc5c(c4)OCO5)c2cc1C)COC3=O. The summed E-state index contributed by atoms with van der Waals surface area (Å²) in [4.78, 5) is 12.4. The molecule has 2 aliphatic rings. The number of benzene rings is 3. The van der Waals surface area contributed by atoms with E-state index in [1.807, 2.05) is 38.1 Å². The number of fused-ring (bicyclic) bond motifs is 3. The lowest BCUT2D eigenvalue weighted by Gasteiger charge is -2.17. The highest BCUT2D eigenvalue weighted by Crippen LogP contribution is 2.45. The van der Waals surface area contributed by atoms with Crippen LogP contribution in [0.25, 0.3) is 21.9 Å². The number of carbonyl (C=O) groups excluding carboxylic acids is 1. The Kier molecular flexibility index (Phi) is 3.34. The molecule has 0 atom stereocenters. The molecule has 0 unspecified atom stereocenters. The molecule has 5 rings (SSSR count). The molecular formula is C22H18O5. The van der Waals surface area contributed by atoms with Gasteiger partial charge in [0, 0.05) is 5.56 Å². The van der Waals surface area contributed by atoms with Gasteiger partial charge in [-0.05, 0) is 71.1 Å². The third-order valence-electron chi connectivity index (χ3n) is 5.40. The molecule has 5 heteroatoms. The summed E-state index contributed by atoms with van der Waals surface area (Å²) >= 11 is 0. The van der Waals surface area contributed by atoms with Crippen LogP contribution in [0.15, 0.2) is 30.3 Å². The predicted molar refractivity (Wildman–Crippen MR) is 101 cm³/mol. The van der Waals surface area contributed by atoms with Crippen LogP contribution in [0.2, 0.25) is 0 Å². The number of ether oxygens (including phenoxy) is 4. The second-order valence-corrected chi connectivity index (χ2v) is 6.87. The van der Waals surface area contributed by atoms with Crippen molar-refractivity contribution in [1.29, 1.82) is 0 Å². The molecule has 0 bridgehead atoms. The van der Waals surface area contributed by atoms with Gasteiger partial charge in [0.1, 0.15) is 12.4 Å². The van der Waals surface area contributed by atoms with E-state index < -0.39 is 0 Å². The van der Waals surface area contributed by atoms with E-state index in [1.165, 1.54) is 0 Å². The van der Waals surface area contributed by atoms with E-state index in [9.17, 15) is 4.79 Å². The maximum absolute atomic E-state index is 12.4. The normalized spacial score (nSPS) is 14.4. The molecule has 0 saturated heterocycles. The van der Waals surface area contributed by atoms with Crippen LogP contribution in [-0.4, -0.2) is 19.9 Å². The summed E-state index contributed by atoms with van der Waals surface area (Å²) < 4.78 is 21.9. The summed E-state index contributed by atoms with van der Waals surface area (Å²) in [5.74, 6) is 1.97. The Morgan fingerprint density at radius 2 is 1.74 bits per heavy atom. The lowest BCUT2D eigenvalue weighted by Crippen LogP contribution is -2.01. The predicted octanol–water partition coefficient (Wildman–Crippen LogP) is 4.53. The summed E-state index contributed by atoms with van der Waals surface area (Å²) in [6, 6.07) is 9.99. The maximum Gasteiger partial charge on any atom is 0.339 e. The Hall–Kier alpha value is -3.21. The molecule has 0 saturated carbocycles. The van der Waals surface area contributed by atoms with Crippen molar-refractivity contribution in [2.45, 2.75) is 20.5 Å². The fraction of sp³-hybridized carbons (Fsp3) is 0.227. The fourth-order valence-electron chi connectivity index (χ4n) is 4.09. The van der Waals surface area contributed by atoms with Gasteiger partial charge in [0.25, 0.3) is 0 Å². The van der Waals surface area contributed by atoms with Gasteiger partial charge in [0.2, 0.25) is 6.79 Å². The molecule has 0 amide bonds. The molecule has 0 spiro atoms. The van der Waals surface area contributed by atoms with E-state index in [0.717, 1.165) is 50.1 Å². The quantitative estimate of drug-likeness (QED) is 0.627. The lowest BCUT2D eigenvalue weighted by molar-refractivity contribution is 0.0535. The molecule has 3 aromatic carbocycles. The first-order valence-corrected chi connectivity index (χ1v) is 8.79. The zero-order valence-corrected chi connectivity index (χ0v) is 15.3. The van der Waals surface area contributed by atoms with E-state index in [1.54, 1.807) is 7.11 Å². The molecule has 136 valence electrons. The second kappa shape index (κ2) is 5.64. The summed E-state index contributed by atoms with van der Waals surface area (Å²) in [5, 5.41) is 2.06. The van der Waals surface area contributed by atoms with Crippen molar-refractivity contribution in [2.24, 2.45) is 0 Å². The summed E-state index contributed by atoms with van der Waals surface area (Å²) in [7, 11) is 1.66. The molecule has 2 aliphatic heterocycles. The molecular weight excluding hydrogens is 344 g/mol. The number of esters is 1. The minimum Gasteiger partial charge on any atom is -0.496 e. The Labute approximate surface area is 156 Å². The average Bonchev–Trinajstić information content (AvgIpc) is 3.28. The van der Waals surface area contributed by atoms with Crippen molar-refractivity contribution < 1.29 is 23.7 Å². The Bertz CT molecular complexity index is 1130. The third kappa shape index (κ3) is 2.21. The van der Waals surface area contributed by atoms with Crippen molar-refractivity contribution in [3.05, 3.63) is 52.6 Å². The van der Waals surface area contributed by atoms with Crippen LogP contribution in [0.3, 0.4) is 0 Å². The van der Waals surface area contributed by atoms with Gasteiger partial charge in [-0.25, -0.2) is 4.79 Å². The maximum atomic E-state index is 12.4. The molecule has 0 radical (unpaired) electrons. The number of aryl methyl sites for hydroxylation is 2. The van der Waals surface area contributed by atoms with Crippen molar-refractivity contribution in [2.75, 3.05) is 13.9 Å². The van der Waals surface area contributed by atoms with Gasteiger partial charge >= 0.3 is 5.97 Å². The van der Waals surface area contributed by atoms with Crippen molar-refractivity contribution in [3.63, 3.8) is 0 Å². The van der Waals surface area contributed by atoms with Crippen LogP contribution < -0.4 is 14.2 Å². The standard InChI is InChI=1S/C22H18O5/c1-11-6-15-14(8-18(11)24-3)12(2)20-16(9-25-22(20)23)21(15)13-4-5-17-19(7-13)27-10-26-17/h4-8H,9-10H2,1-3H3. The number of cyclic esters (lactones) is 1. The van der Waals surface area contributed by atoms with Crippen LogP contribution in [-0.2, 0) is 11.3 Å².